The van der Waals surface area contributed by atoms with E-state index in [2.05, 4.69) is 9.97 Å². The van der Waals surface area contributed by atoms with Crippen molar-refractivity contribution < 1.29 is 19.8 Å². The van der Waals surface area contributed by atoms with Gasteiger partial charge in [-0.3, -0.25) is 9.20 Å². The summed E-state index contributed by atoms with van der Waals surface area (Å²) in [5.74, 6) is -2.23. The van der Waals surface area contributed by atoms with E-state index in [0.717, 1.165) is 19.8 Å². The number of pyridine rings is 1. The summed E-state index contributed by atoms with van der Waals surface area (Å²) in [6, 6.07) is 5.33. The van der Waals surface area contributed by atoms with Crippen molar-refractivity contribution in [1.29, 1.82) is 0 Å². The number of hydrogen-bond donors (Lipinski definition) is 2. The lowest BCUT2D eigenvalue weighted by atomic mass is 9.77. The van der Waals surface area contributed by atoms with Gasteiger partial charge in [-0.2, -0.15) is 0 Å². The van der Waals surface area contributed by atoms with Crippen molar-refractivity contribution in [2.45, 2.75) is 36.0 Å². The lowest BCUT2D eigenvalue weighted by Crippen LogP contribution is -2.63. The van der Waals surface area contributed by atoms with Gasteiger partial charge in [0, 0.05) is 23.9 Å². The fourth-order valence-corrected chi connectivity index (χ4v) is 6.49. The zero-order chi connectivity index (χ0) is 21.2. The van der Waals surface area contributed by atoms with E-state index in [0.29, 0.717) is 5.57 Å². The van der Waals surface area contributed by atoms with Gasteiger partial charge in [-0.1, -0.05) is 13.0 Å². The summed E-state index contributed by atoms with van der Waals surface area (Å²) in [6.07, 6.45) is 4.46. The smallest absolute Gasteiger partial charge is 0.352 e. The second kappa shape index (κ2) is 6.93. The SMILES string of the molecule is C[C@@H](O)[C@H]1C(=O)N2C(C(=O)O)=C(c3cn4cnc(Sc5ccccn5)c4s3)[C@H](C)[C@H]12. The number of β-lactam (4-membered cyclic amide) rings is 1. The first kappa shape index (κ1) is 19.3. The van der Waals surface area contributed by atoms with E-state index in [4.69, 9.17) is 0 Å². The molecule has 4 atom stereocenters. The molecule has 2 aliphatic heterocycles. The summed E-state index contributed by atoms with van der Waals surface area (Å²) in [5, 5.41) is 21.5. The molecular formula is C20H18N4O4S2. The van der Waals surface area contributed by atoms with E-state index in [1.807, 2.05) is 35.7 Å². The van der Waals surface area contributed by atoms with E-state index in [1.54, 1.807) is 19.4 Å². The Balaban J connectivity index is 1.56. The molecule has 0 unspecified atom stereocenters. The van der Waals surface area contributed by atoms with Crippen LogP contribution in [0, 0.1) is 11.8 Å². The third-order valence-corrected chi connectivity index (χ3v) is 7.87. The van der Waals surface area contributed by atoms with Crippen LogP contribution in [-0.2, 0) is 9.59 Å². The number of imidazole rings is 1. The molecule has 1 saturated heterocycles. The number of aromatic nitrogens is 3. The van der Waals surface area contributed by atoms with Crippen LogP contribution in [-0.4, -0.2) is 53.5 Å². The van der Waals surface area contributed by atoms with E-state index in [9.17, 15) is 19.8 Å². The highest BCUT2D eigenvalue weighted by Crippen LogP contribution is 2.51. The second-order valence-electron chi connectivity index (χ2n) is 7.45. The zero-order valence-corrected chi connectivity index (χ0v) is 17.7. The standard InChI is InChI=1S/C20H18N4O4S2/c1-9-13(16(20(27)28)24-15(9)14(10(2)25)18(24)26)11-7-23-8-22-17(19(23)29-11)30-12-5-3-4-6-21-12/h3-10,14-15,25H,1-2H3,(H,27,28)/t9-,10+,14+,15+/m0/s1. The van der Waals surface area contributed by atoms with Crippen LogP contribution in [0.15, 0.2) is 52.7 Å². The van der Waals surface area contributed by atoms with E-state index in [-0.39, 0.29) is 23.6 Å². The Morgan fingerprint density at radius 3 is 2.80 bits per heavy atom. The molecule has 2 N–H and O–H groups in total. The van der Waals surface area contributed by atoms with Gasteiger partial charge >= 0.3 is 5.97 Å². The average molecular weight is 443 g/mol. The van der Waals surface area contributed by atoms with E-state index in [1.165, 1.54) is 28.0 Å². The normalized spacial score (nSPS) is 24.3. The molecule has 154 valence electrons. The maximum Gasteiger partial charge on any atom is 0.352 e. The molecule has 10 heteroatoms. The van der Waals surface area contributed by atoms with Crippen molar-refractivity contribution in [1.82, 2.24) is 19.3 Å². The molecule has 1 amide bonds. The van der Waals surface area contributed by atoms with Crippen molar-refractivity contribution >= 4 is 45.4 Å². The third kappa shape index (κ3) is 2.71. The molecule has 0 aliphatic carbocycles. The van der Waals surface area contributed by atoms with Gasteiger partial charge in [0.25, 0.3) is 0 Å². The summed E-state index contributed by atoms with van der Waals surface area (Å²) >= 11 is 2.89. The van der Waals surface area contributed by atoms with Crippen LogP contribution < -0.4 is 0 Å². The minimum absolute atomic E-state index is 0.0193. The molecule has 5 heterocycles. The minimum Gasteiger partial charge on any atom is -0.477 e. The highest BCUT2D eigenvalue weighted by atomic mass is 32.2. The first-order chi connectivity index (χ1) is 14.4. The number of aliphatic hydroxyl groups excluding tert-OH is 1. The summed E-state index contributed by atoms with van der Waals surface area (Å²) < 4.78 is 1.87. The molecule has 2 aliphatic rings. The summed E-state index contributed by atoms with van der Waals surface area (Å²) in [4.78, 5) is 36.4. The molecule has 0 radical (unpaired) electrons. The molecule has 0 bridgehead atoms. The highest BCUT2D eigenvalue weighted by Gasteiger charge is 2.60. The number of hydrogen-bond acceptors (Lipinski definition) is 7. The molecular weight excluding hydrogens is 424 g/mol. The van der Waals surface area contributed by atoms with Gasteiger partial charge < -0.3 is 15.1 Å². The quantitative estimate of drug-likeness (QED) is 0.585. The maximum absolute atomic E-state index is 12.5. The van der Waals surface area contributed by atoms with Crippen molar-refractivity contribution in [3.05, 3.63) is 47.5 Å². The number of aliphatic hydroxyl groups is 1. The molecule has 30 heavy (non-hydrogen) atoms. The fourth-order valence-electron chi connectivity index (χ4n) is 4.37. The number of amides is 1. The first-order valence-corrected chi connectivity index (χ1v) is 11.1. The molecule has 1 fully saturated rings. The number of nitrogens with zero attached hydrogens (tertiary/aromatic N) is 4. The van der Waals surface area contributed by atoms with Crippen molar-refractivity contribution in [2.75, 3.05) is 0 Å². The average Bonchev–Trinajstić information content (AvgIpc) is 3.33. The lowest BCUT2D eigenvalue weighted by Gasteiger charge is -2.46. The van der Waals surface area contributed by atoms with Crippen molar-refractivity contribution in [2.24, 2.45) is 11.8 Å². The van der Waals surface area contributed by atoms with Crippen LogP contribution in [0.1, 0.15) is 18.7 Å². The van der Waals surface area contributed by atoms with Crippen LogP contribution in [0.2, 0.25) is 0 Å². The molecule has 0 saturated carbocycles. The van der Waals surface area contributed by atoms with Crippen LogP contribution in [0.5, 0.6) is 0 Å². The van der Waals surface area contributed by atoms with Gasteiger partial charge in [0.15, 0.2) is 0 Å². The molecule has 0 spiro atoms. The Morgan fingerprint density at radius 2 is 2.13 bits per heavy atom. The van der Waals surface area contributed by atoms with Gasteiger partial charge in [0.05, 0.1) is 22.9 Å². The fraction of sp³-hybridized carbons (Fsp3) is 0.300. The summed E-state index contributed by atoms with van der Waals surface area (Å²) in [7, 11) is 0. The van der Waals surface area contributed by atoms with Gasteiger partial charge in [-0.25, -0.2) is 14.8 Å². The van der Waals surface area contributed by atoms with Crippen LogP contribution in [0.3, 0.4) is 0 Å². The minimum atomic E-state index is -1.13. The summed E-state index contributed by atoms with van der Waals surface area (Å²) in [6.45, 7) is 3.49. The van der Waals surface area contributed by atoms with E-state index >= 15 is 0 Å². The molecule has 0 aromatic carbocycles. The third-order valence-electron chi connectivity index (χ3n) is 5.66. The van der Waals surface area contributed by atoms with Gasteiger partial charge in [0.1, 0.15) is 26.9 Å². The van der Waals surface area contributed by atoms with Gasteiger partial charge in [-0.05, 0) is 30.8 Å². The maximum atomic E-state index is 12.5. The number of fused-ring (bicyclic) bond motifs is 2. The number of rotatable bonds is 5. The Hall–Kier alpha value is -2.69. The van der Waals surface area contributed by atoms with Crippen LogP contribution in [0.25, 0.3) is 10.4 Å². The number of carbonyl (C=O) groups excluding carboxylic acids is 1. The molecule has 5 rings (SSSR count). The Labute approximate surface area is 179 Å². The predicted octanol–water partition coefficient (Wildman–Crippen LogP) is 2.60. The zero-order valence-electron chi connectivity index (χ0n) is 16.1. The van der Waals surface area contributed by atoms with Crippen molar-refractivity contribution in [3.8, 4) is 0 Å². The Bertz CT molecular complexity index is 1200. The Morgan fingerprint density at radius 1 is 1.33 bits per heavy atom. The number of aliphatic carboxylic acids is 1. The largest absolute Gasteiger partial charge is 0.477 e. The highest BCUT2D eigenvalue weighted by molar-refractivity contribution is 7.99. The number of carboxylic acid groups (broad SMARTS) is 1. The number of thiazole rings is 1. The number of carboxylic acids is 1. The van der Waals surface area contributed by atoms with Crippen molar-refractivity contribution in [3.63, 3.8) is 0 Å². The molecule has 8 nitrogen and oxygen atoms in total. The summed E-state index contributed by atoms with van der Waals surface area (Å²) in [5.41, 5.74) is 0.650. The van der Waals surface area contributed by atoms with Crippen LogP contribution >= 0.6 is 23.1 Å². The van der Waals surface area contributed by atoms with E-state index < -0.39 is 18.0 Å². The van der Waals surface area contributed by atoms with Gasteiger partial charge in [0.2, 0.25) is 5.91 Å². The second-order valence-corrected chi connectivity index (χ2v) is 9.49. The predicted molar refractivity (Wildman–Crippen MR) is 111 cm³/mol. The monoisotopic (exact) mass is 442 g/mol. The molecule has 3 aromatic rings. The van der Waals surface area contributed by atoms with Crippen LogP contribution in [0.4, 0.5) is 0 Å². The molecule has 3 aromatic heterocycles. The topological polar surface area (TPSA) is 108 Å². The Kier molecular flexibility index (Phi) is 4.46. The lowest BCUT2D eigenvalue weighted by molar-refractivity contribution is -0.163. The number of carbonyl (C=O) groups is 2. The van der Waals surface area contributed by atoms with Gasteiger partial charge in [-0.15, -0.1) is 11.3 Å². The first-order valence-electron chi connectivity index (χ1n) is 9.42.